The zero-order valence-electron chi connectivity index (χ0n) is 19.2. The van der Waals surface area contributed by atoms with E-state index < -0.39 is 54.5 Å². The molecule has 0 aromatic heterocycles. The van der Waals surface area contributed by atoms with Crippen molar-refractivity contribution in [2.24, 2.45) is 5.73 Å². The highest BCUT2D eigenvalue weighted by Gasteiger charge is 2.30. The van der Waals surface area contributed by atoms with Crippen LogP contribution in [-0.2, 0) is 32.0 Å². The predicted octanol–water partition coefficient (Wildman–Crippen LogP) is -0.944. The Morgan fingerprint density at radius 2 is 1.26 bits per heavy atom. The first-order valence-corrected chi connectivity index (χ1v) is 10.9. The van der Waals surface area contributed by atoms with Crippen molar-refractivity contribution in [3.63, 3.8) is 0 Å². The van der Waals surface area contributed by atoms with Gasteiger partial charge in [-0.25, -0.2) is 4.79 Å². The highest BCUT2D eigenvalue weighted by atomic mass is 16.4. The average Bonchev–Trinajstić information content (AvgIpc) is 2.83. The summed E-state index contributed by atoms with van der Waals surface area (Å²) in [5.74, 6) is -3.55. The molecule has 8 N–H and O–H groups in total. The summed E-state index contributed by atoms with van der Waals surface area (Å²) in [7, 11) is 0. The number of benzene rings is 2. The minimum atomic E-state index is -1.37. The number of phenols is 1. The SMILES string of the molecule is CC(N)C(=O)NC(CO)C(=O)NC(Cc1ccc(O)cc1)C(=O)NC(Cc1ccccc1)C(=O)O. The number of carboxylic acids is 1. The van der Waals surface area contributed by atoms with Crippen LogP contribution in [0.25, 0.3) is 0 Å². The molecule has 0 fully saturated rings. The number of hydrogen-bond acceptors (Lipinski definition) is 7. The van der Waals surface area contributed by atoms with Gasteiger partial charge >= 0.3 is 5.97 Å². The monoisotopic (exact) mass is 486 g/mol. The molecule has 188 valence electrons. The number of hydrogen-bond donors (Lipinski definition) is 7. The summed E-state index contributed by atoms with van der Waals surface area (Å²) in [4.78, 5) is 49.5. The number of carbonyl (C=O) groups is 4. The Morgan fingerprint density at radius 3 is 1.80 bits per heavy atom. The third-order valence-electron chi connectivity index (χ3n) is 5.14. The second-order valence-corrected chi connectivity index (χ2v) is 8.05. The van der Waals surface area contributed by atoms with Crippen molar-refractivity contribution >= 4 is 23.7 Å². The zero-order valence-corrected chi connectivity index (χ0v) is 19.2. The average molecular weight is 487 g/mol. The molecule has 0 saturated carbocycles. The van der Waals surface area contributed by atoms with Crippen molar-refractivity contribution in [2.75, 3.05) is 6.61 Å². The van der Waals surface area contributed by atoms with Crippen LogP contribution in [0.3, 0.4) is 0 Å². The lowest BCUT2D eigenvalue weighted by molar-refractivity contribution is -0.142. The third-order valence-corrected chi connectivity index (χ3v) is 5.14. The molecule has 2 aromatic carbocycles. The Labute approximate surface area is 202 Å². The van der Waals surface area contributed by atoms with E-state index in [4.69, 9.17) is 5.73 Å². The van der Waals surface area contributed by atoms with Crippen molar-refractivity contribution in [2.45, 2.75) is 43.9 Å². The van der Waals surface area contributed by atoms with Gasteiger partial charge in [-0.3, -0.25) is 14.4 Å². The lowest BCUT2D eigenvalue weighted by atomic mass is 10.0. The summed E-state index contributed by atoms with van der Waals surface area (Å²) < 4.78 is 0. The van der Waals surface area contributed by atoms with E-state index in [9.17, 15) is 34.5 Å². The molecule has 0 heterocycles. The molecule has 0 saturated heterocycles. The molecule has 0 radical (unpaired) electrons. The molecule has 4 unspecified atom stereocenters. The van der Waals surface area contributed by atoms with E-state index in [0.717, 1.165) is 0 Å². The van der Waals surface area contributed by atoms with Crippen LogP contribution in [0, 0.1) is 0 Å². The molecule has 0 spiro atoms. The van der Waals surface area contributed by atoms with E-state index in [-0.39, 0.29) is 18.6 Å². The first kappa shape index (κ1) is 27.3. The molecule has 11 nitrogen and oxygen atoms in total. The maximum absolute atomic E-state index is 13.1. The standard InChI is InChI=1S/C24H30N4O7/c1-14(25)21(31)28-20(13-29)23(33)26-18(11-16-7-9-17(30)10-8-16)22(32)27-19(24(34)35)12-15-5-3-2-4-6-15/h2-10,14,18-20,29-30H,11-13,25H2,1H3,(H,26,33)(H,27,32)(H,28,31)(H,34,35). The lowest BCUT2D eigenvalue weighted by Gasteiger charge is -2.24. The smallest absolute Gasteiger partial charge is 0.326 e. The van der Waals surface area contributed by atoms with Crippen LogP contribution < -0.4 is 21.7 Å². The second kappa shape index (κ2) is 13.1. The number of phenolic OH excluding ortho intramolecular Hbond substituents is 1. The molecule has 35 heavy (non-hydrogen) atoms. The van der Waals surface area contributed by atoms with E-state index in [1.54, 1.807) is 42.5 Å². The summed E-state index contributed by atoms with van der Waals surface area (Å²) in [6.07, 6.45) is -0.0274. The molecule has 0 aliphatic heterocycles. The highest BCUT2D eigenvalue weighted by Crippen LogP contribution is 2.12. The molecule has 0 aliphatic carbocycles. The summed E-state index contributed by atoms with van der Waals surface area (Å²) in [6.45, 7) is 0.658. The molecule has 2 aromatic rings. The second-order valence-electron chi connectivity index (χ2n) is 8.05. The van der Waals surface area contributed by atoms with Crippen molar-refractivity contribution in [1.82, 2.24) is 16.0 Å². The number of nitrogens with one attached hydrogen (secondary N) is 3. The number of amides is 3. The highest BCUT2D eigenvalue weighted by molar-refractivity contribution is 5.94. The van der Waals surface area contributed by atoms with Gasteiger partial charge in [0.2, 0.25) is 17.7 Å². The normalized spacial score (nSPS) is 14.1. The van der Waals surface area contributed by atoms with E-state index >= 15 is 0 Å². The van der Waals surface area contributed by atoms with E-state index in [1.165, 1.54) is 19.1 Å². The topological polar surface area (TPSA) is 191 Å². The largest absolute Gasteiger partial charge is 0.508 e. The number of aromatic hydroxyl groups is 1. The Kier molecular flexibility index (Phi) is 10.2. The van der Waals surface area contributed by atoms with Gasteiger partial charge in [-0.05, 0) is 30.2 Å². The van der Waals surface area contributed by atoms with Gasteiger partial charge in [0, 0.05) is 12.8 Å². The minimum absolute atomic E-state index is 0.00607. The first-order valence-electron chi connectivity index (χ1n) is 10.9. The Balaban J connectivity index is 2.21. The van der Waals surface area contributed by atoms with Gasteiger partial charge in [-0.1, -0.05) is 42.5 Å². The summed E-state index contributed by atoms with van der Waals surface area (Å²) in [5, 5.41) is 35.9. The Bertz CT molecular complexity index is 1010. The molecule has 4 atom stereocenters. The molecule has 2 rings (SSSR count). The number of aliphatic hydroxyl groups excluding tert-OH is 1. The molecular weight excluding hydrogens is 456 g/mol. The number of nitrogens with two attached hydrogens (primary N) is 1. The molecule has 0 bridgehead atoms. The van der Waals surface area contributed by atoms with Gasteiger partial charge in [-0.2, -0.15) is 0 Å². The van der Waals surface area contributed by atoms with Crippen LogP contribution in [0.5, 0.6) is 5.75 Å². The van der Waals surface area contributed by atoms with Crippen molar-refractivity contribution in [3.05, 3.63) is 65.7 Å². The van der Waals surface area contributed by atoms with Crippen LogP contribution >= 0.6 is 0 Å². The molecular formula is C24H30N4O7. The van der Waals surface area contributed by atoms with Crippen molar-refractivity contribution < 1.29 is 34.5 Å². The van der Waals surface area contributed by atoms with Gasteiger partial charge < -0.3 is 37.0 Å². The minimum Gasteiger partial charge on any atom is -0.508 e. The number of aliphatic hydroxyl groups is 1. The van der Waals surface area contributed by atoms with Crippen LogP contribution in [-0.4, -0.2) is 69.8 Å². The van der Waals surface area contributed by atoms with Crippen LogP contribution in [0.4, 0.5) is 0 Å². The fraction of sp³-hybridized carbons (Fsp3) is 0.333. The van der Waals surface area contributed by atoms with Crippen LogP contribution in [0.15, 0.2) is 54.6 Å². The number of carbonyl (C=O) groups excluding carboxylic acids is 3. The number of carboxylic acid groups (broad SMARTS) is 1. The third kappa shape index (κ3) is 8.72. The Morgan fingerprint density at radius 1 is 0.771 bits per heavy atom. The zero-order chi connectivity index (χ0) is 26.0. The first-order chi connectivity index (χ1) is 16.6. The summed E-state index contributed by atoms with van der Waals surface area (Å²) >= 11 is 0. The maximum atomic E-state index is 13.1. The number of aliphatic carboxylic acids is 1. The summed E-state index contributed by atoms with van der Waals surface area (Å²) in [6, 6.07) is 9.81. The van der Waals surface area contributed by atoms with Crippen LogP contribution in [0.2, 0.25) is 0 Å². The van der Waals surface area contributed by atoms with E-state index in [0.29, 0.717) is 11.1 Å². The summed E-state index contributed by atoms with van der Waals surface area (Å²) in [5.41, 5.74) is 6.74. The van der Waals surface area contributed by atoms with Crippen LogP contribution in [0.1, 0.15) is 18.1 Å². The van der Waals surface area contributed by atoms with Crippen molar-refractivity contribution in [3.8, 4) is 5.75 Å². The lowest BCUT2D eigenvalue weighted by Crippen LogP contribution is -2.58. The maximum Gasteiger partial charge on any atom is 0.326 e. The van der Waals surface area contributed by atoms with E-state index in [2.05, 4.69) is 16.0 Å². The van der Waals surface area contributed by atoms with Gasteiger partial charge in [0.1, 0.15) is 23.9 Å². The molecule has 3 amide bonds. The number of rotatable bonds is 12. The van der Waals surface area contributed by atoms with Gasteiger partial charge in [0.05, 0.1) is 12.6 Å². The van der Waals surface area contributed by atoms with Crippen molar-refractivity contribution in [1.29, 1.82) is 0 Å². The molecule has 0 aliphatic rings. The molecule has 11 heteroatoms. The van der Waals surface area contributed by atoms with Gasteiger partial charge in [-0.15, -0.1) is 0 Å². The fourth-order valence-corrected chi connectivity index (χ4v) is 3.17. The van der Waals surface area contributed by atoms with Gasteiger partial charge in [0.25, 0.3) is 0 Å². The van der Waals surface area contributed by atoms with E-state index in [1.807, 2.05) is 0 Å². The van der Waals surface area contributed by atoms with Gasteiger partial charge in [0.15, 0.2) is 0 Å². The quantitative estimate of drug-likeness (QED) is 0.200. The fourth-order valence-electron chi connectivity index (χ4n) is 3.17. The Hall–Kier alpha value is -3.96. The predicted molar refractivity (Wildman–Crippen MR) is 126 cm³/mol.